The van der Waals surface area contributed by atoms with Crippen molar-refractivity contribution in [3.63, 3.8) is 0 Å². The summed E-state index contributed by atoms with van der Waals surface area (Å²) in [5.74, 6) is -0.349. The number of nitrogens with zero attached hydrogens (tertiary/aromatic N) is 2. The molecular weight excluding hydrogens is 382 g/mol. The fourth-order valence-corrected chi connectivity index (χ4v) is 4.26. The highest BCUT2D eigenvalue weighted by Crippen LogP contribution is 2.24. The minimum absolute atomic E-state index is 0.00137. The van der Waals surface area contributed by atoms with Gasteiger partial charge in [-0.15, -0.1) is 0 Å². The summed E-state index contributed by atoms with van der Waals surface area (Å²) in [7, 11) is 0. The third kappa shape index (κ3) is 4.03. The summed E-state index contributed by atoms with van der Waals surface area (Å²) in [6.45, 7) is 4.15. The Bertz CT molecular complexity index is 993. The lowest BCUT2D eigenvalue weighted by Gasteiger charge is -2.32. The fraction of sp³-hybridized carbons (Fsp3) is 0.435. The smallest absolute Gasteiger partial charge is 0.264 e. The molecule has 0 aliphatic carbocycles. The van der Waals surface area contributed by atoms with Gasteiger partial charge in [0.2, 0.25) is 0 Å². The summed E-state index contributed by atoms with van der Waals surface area (Å²) in [6.07, 6.45) is 3.58. The lowest BCUT2D eigenvalue weighted by molar-refractivity contribution is -0.141. The number of aromatic nitrogens is 1. The van der Waals surface area contributed by atoms with E-state index in [1.807, 2.05) is 43.5 Å². The molecule has 0 radical (unpaired) electrons. The number of hydrogen-bond donors (Lipinski definition) is 1. The number of rotatable bonds is 5. The van der Waals surface area contributed by atoms with Gasteiger partial charge in [-0.05, 0) is 42.9 Å². The van der Waals surface area contributed by atoms with E-state index in [1.165, 1.54) is 0 Å². The van der Waals surface area contributed by atoms with Crippen LogP contribution in [0.5, 0.6) is 0 Å². The Morgan fingerprint density at radius 3 is 2.73 bits per heavy atom. The van der Waals surface area contributed by atoms with E-state index < -0.39 is 0 Å². The lowest BCUT2D eigenvalue weighted by Crippen LogP contribution is -2.44. The van der Waals surface area contributed by atoms with Gasteiger partial charge in [0.05, 0.1) is 6.54 Å². The molecule has 7 heteroatoms. The first-order valence-electron chi connectivity index (χ1n) is 10.6. The molecule has 1 N–H and O–H groups in total. The van der Waals surface area contributed by atoms with Gasteiger partial charge >= 0.3 is 0 Å². The maximum Gasteiger partial charge on any atom is 0.264 e. The van der Waals surface area contributed by atoms with Crippen LogP contribution in [0.3, 0.4) is 0 Å². The number of ether oxygens (including phenoxy) is 1. The van der Waals surface area contributed by atoms with Gasteiger partial charge in [0.15, 0.2) is 0 Å². The Morgan fingerprint density at radius 2 is 2.03 bits per heavy atom. The molecule has 2 aromatic rings. The summed E-state index contributed by atoms with van der Waals surface area (Å²) in [5, 5.41) is 2.77. The maximum atomic E-state index is 13.2. The van der Waals surface area contributed by atoms with Gasteiger partial charge in [-0.1, -0.05) is 30.3 Å². The molecule has 1 saturated heterocycles. The average molecular weight is 409 g/mol. The molecule has 7 nitrogen and oxygen atoms in total. The highest BCUT2D eigenvalue weighted by molar-refractivity contribution is 5.95. The van der Waals surface area contributed by atoms with Crippen LogP contribution < -0.4 is 10.9 Å². The molecule has 1 fully saturated rings. The van der Waals surface area contributed by atoms with Gasteiger partial charge in [0, 0.05) is 32.4 Å². The number of fused-ring (bicyclic) bond motifs is 1. The predicted octanol–water partition coefficient (Wildman–Crippen LogP) is 1.71. The molecule has 2 aliphatic rings. The summed E-state index contributed by atoms with van der Waals surface area (Å²) in [5.41, 5.74) is 2.50. The molecular formula is C23H27N3O4. The van der Waals surface area contributed by atoms with Crippen LogP contribution in [0.15, 0.2) is 41.3 Å². The van der Waals surface area contributed by atoms with Gasteiger partial charge in [0.1, 0.15) is 11.7 Å². The molecule has 0 saturated carbocycles. The fourth-order valence-electron chi connectivity index (χ4n) is 4.26. The van der Waals surface area contributed by atoms with Crippen LogP contribution in [0.25, 0.3) is 0 Å². The van der Waals surface area contributed by atoms with Gasteiger partial charge in [-0.2, -0.15) is 0 Å². The second kappa shape index (κ2) is 8.83. The van der Waals surface area contributed by atoms with Gasteiger partial charge in [0.25, 0.3) is 17.4 Å². The third-order valence-corrected chi connectivity index (χ3v) is 5.75. The highest BCUT2D eigenvalue weighted by Gasteiger charge is 2.32. The molecule has 3 heterocycles. The molecule has 1 aromatic heterocycles. The zero-order chi connectivity index (χ0) is 21.1. The van der Waals surface area contributed by atoms with E-state index in [0.29, 0.717) is 39.2 Å². The second-order valence-corrected chi connectivity index (χ2v) is 7.80. The van der Waals surface area contributed by atoms with E-state index in [9.17, 15) is 14.4 Å². The second-order valence-electron chi connectivity index (χ2n) is 7.80. The van der Waals surface area contributed by atoms with Crippen LogP contribution in [0.1, 0.15) is 46.8 Å². The van der Waals surface area contributed by atoms with Crippen molar-refractivity contribution in [3.8, 4) is 0 Å². The number of carbonyl (C=O) groups is 2. The predicted molar refractivity (Wildman–Crippen MR) is 112 cm³/mol. The SMILES string of the molecule is CCNC(=O)c1c2c(cn(Cc3ccccc3)c1=O)CN(C(=O)C1CCCO1)CC2. The first kappa shape index (κ1) is 20.3. The van der Waals surface area contributed by atoms with Crippen LogP contribution >= 0.6 is 0 Å². The number of nitrogens with one attached hydrogen (secondary N) is 1. The number of pyridine rings is 1. The zero-order valence-electron chi connectivity index (χ0n) is 17.2. The van der Waals surface area contributed by atoms with Crippen molar-refractivity contribution in [2.24, 2.45) is 0 Å². The monoisotopic (exact) mass is 409 g/mol. The van der Waals surface area contributed by atoms with Crippen molar-refractivity contribution in [2.75, 3.05) is 19.7 Å². The summed E-state index contributed by atoms with van der Waals surface area (Å²) in [6, 6.07) is 9.67. The standard InChI is InChI=1S/C23H27N3O4/c1-2-24-21(27)20-18-10-11-25(22(28)19-9-6-12-30-19)14-17(18)15-26(23(20)29)13-16-7-4-3-5-8-16/h3-5,7-8,15,19H,2,6,9-14H2,1H3,(H,24,27). The summed E-state index contributed by atoms with van der Waals surface area (Å²) in [4.78, 5) is 40.5. The Hall–Kier alpha value is -2.93. The van der Waals surface area contributed by atoms with Crippen molar-refractivity contribution < 1.29 is 14.3 Å². The Morgan fingerprint density at radius 1 is 1.23 bits per heavy atom. The van der Waals surface area contributed by atoms with E-state index in [2.05, 4.69) is 5.32 Å². The molecule has 1 aromatic carbocycles. The van der Waals surface area contributed by atoms with E-state index >= 15 is 0 Å². The average Bonchev–Trinajstić information content (AvgIpc) is 3.29. The summed E-state index contributed by atoms with van der Waals surface area (Å²) >= 11 is 0. The lowest BCUT2D eigenvalue weighted by atomic mass is 9.95. The molecule has 4 rings (SSSR count). The van der Waals surface area contributed by atoms with Gasteiger partial charge in [-0.3, -0.25) is 14.4 Å². The minimum Gasteiger partial charge on any atom is -0.368 e. The van der Waals surface area contributed by atoms with Gasteiger partial charge < -0.3 is 19.5 Å². The normalized spacial score (nSPS) is 18.2. The molecule has 0 bridgehead atoms. The van der Waals surface area contributed by atoms with Crippen molar-refractivity contribution in [2.45, 2.75) is 45.4 Å². The third-order valence-electron chi connectivity index (χ3n) is 5.75. The Balaban J connectivity index is 1.70. The van der Waals surface area contributed by atoms with E-state index in [1.54, 1.807) is 9.47 Å². The van der Waals surface area contributed by atoms with Crippen molar-refractivity contribution in [1.82, 2.24) is 14.8 Å². The number of benzene rings is 1. The van der Waals surface area contributed by atoms with Crippen LogP contribution in [0.4, 0.5) is 0 Å². The zero-order valence-corrected chi connectivity index (χ0v) is 17.2. The van der Waals surface area contributed by atoms with E-state index in [4.69, 9.17) is 4.74 Å². The van der Waals surface area contributed by atoms with E-state index in [0.717, 1.165) is 29.5 Å². The first-order chi connectivity index (χ1) is 14.6. The Labute approximate surface area is 175 Å². The molecule has 0 spiro atoms. The summed E-state index contributed by atoms with van der Waals surface area (Å²) < 4.78 is 7.14. The van der Waals surface area contributed by atoms with Gasteiger partial charge in [-0.25, -0.2) is 0 Å². The van der Waals surface area contributed by atoms with Crippen LogP contribution in [-0.4, -0.2) is 47.1 Å². The molecule has 1 atom stereocenters. The van der Waals surface area contributed by atoms with Crippen molar-refractivity contribution in [3.05, 3.63) is 69.1 Å². The topological polar surface area (TPSA) is 80.6 Å². The number of hydrogen-bond acceptors (Lipinski definition) is 4. The van der Waals surface area contributed by atoms with Crippen LogP contribution in [0.2, 0.25) is 0 Å². The minimum atomic E-state index is -0.371. The molecule has 158 valence electrons. The Kier molecular flexibility index (Phi) is 5.99. The molecule has 2 amide bonds. The number of carbonyl (C=O) groups excluding carboxylic acids is 2. The highest BCUT2D eigenvalue weighted by atomic mass is 16.5. The van der Waals surface area contributed by atoms with E-state index in [-0.39, 0.29) is 29.0 Å². The van der Waals surface area contributed by atoms with Crippen LogP contribution in [-0.2, 0) is 29.0 Å². The van der Waals surface area contributed by atoms with Crippen molar-refractivity contribution >= 4 is 11.8 Å². The molecule has 1 unspecified atom stereocenters. The molecule has 30 heavy (non-hydrogen) atoms. The molecule has 2 aliphatic heterocycles. The van der Waals surface area contributed by atoms with Crippen LogP contribution in [0, 0.1) is 0 Å². The number of amides is 2. The first-order valence-corrected chi connectivity index (χ1v) is 10.6. The largest absolute Gasteiger partial charge is 0.368 e. The quantitative estimate of drug-likeness (QED) is 0.815. The maximum absolute atomic E-state index is 13.2. The van der Waals surface area contributed by atoms with Crippen molar-refractivity contribution in [1.29, 1.82) is 0 Å².